The minimum atomic E-state index is -1.02. The molecule has 0 aromatic carbocycles. The lowest BCUT2D eigenvalue weighted by atomic mass is 9.99. The number of aliphatic carboxylic acids is 1. The van der Waals surface area contributed by atoms with E-state index in [2.05, 4.69) is 11.9 Å². The minimum absolute atomic E-state index is 0.0142. The number of carboxylic acids is 1. The third-order valence-electron chi connectivity index (χ3n) is 3.78. The lowest BCUT2D eigenvalue weighted by Gasteiger charge is -2.35. The van der Waals surface area contributed by atoms with Crippen LogP contribution in [-0.4, -0.2) is 39.5 Å². The molecule has 1 aromatic rings. The molecule has 21 heavy (non-hydrogen) atoms. The van der Waals surface area contributed by atoms with Crippen LogP contribution in [0.5, 0.6) is 0 Å². The van der Waals surface area contributed by atoms with E-state index in [-0.39, 0.29) is 5.91 Å². The first-order valence-electron chi connectivity index (χ1n) is 7.29. The van der Waals surface area contributed by atoms with E-state index < -0.39 is 5.97 Å². The molecule has 5 heteroatoms. The van der Waals surface area contributed by atoms with E-state index in [1.807, 2.05) is 4.90 Å². The van der Waals surface area contributed by atoms with E-state index in [0.717, 1.165) is 31.9 Å². The first-order chi connectivity index (χ1) is 10.1. The maximum atomic E-state index is 12.6. The number of carbonyl (C=O) groups excluding carboxylic acids is 1. The maximum absolute atomic E-state index is 12.6. The quantitative estimate of drug-likeness (QED) is 0.864. The number of amides is 1. The predicted molar refractivity (Wildman–Crippen MR) is 79.9 cm³/mol. The molecule has 2 heterocycles. The Hall–Kier alpha value is -2.17. The SMILES string of the molecule is CCC1CCCCN1C(=O)c1cncc(C=CC(=O)O)c1. The molecule has 2 rings (SSSR count). The summed E-state index contributed by atoms with van der Waals surface area (Å²) in [7, 11) is 0. The van der Waals surface area contributed by atoms with Gasteiger partial charge in [-0.2, -0.15) is 0 Å². The van der Waals surface area contributed by atoms with Crippen LogP contribution in [0.25, 0.3) is 6.08 Å². The average Bonchev–Trinajstić information content (AvgIpc) is 2.52. The molecule has 1 amide bonds. The van der Waals surface area contributed by atoms with Crippen molar-refractivity contribution in [3.05, 3.63) is 35.7 Å². The Balaban J connectivity index is 2.18. The van der Waals surface area contributed by atoms with Gasteiger partial charge in [-0.05, 0) is 43.4 Å². The molecule has 1 aliphatic rings. The van der Waals surface area contributed by atoms with Crippen molar-refractivity contribution in [2.45, 2.75) is 38.6 Å². The van der Waals surface area contributed by atoms with Gasteiger partial charge in [0.25, 0.3) is 5.91 Å². The van der Waals surface area contributed by atoms with Crippen LogP contribution in [0.2, 0.25) is 0 Å². The second-order valence-electron chi connectivity index (χ2n) is 5.23. The Morgan fingerprint density at radius 2 is 2.24 bits per heavy atom. The Labute approximate surface area is 124 Å². The number of nitrogens with zero attached hydrogens (tertiary/aromatic N) is 2. The summed E-state index contributed by atoms with van der Waals surface area (Å²) in [5.41, 5.74) is 1.14. The molecule has 1 aliphatic heterocycles. The number of likely N-dealkylation sites (tertiary alicyclic amines) is 1. The van der Waals surface area contributed by atoms with Gasteiger partial charge in [0.1, 0.15) is 0 Å². The summed E-state index contributed by atoms with van der Waals surface area (Å²) in [6, 6.07) is 1.99. The van der Waals surface area contributed by atoms with Crippen molar-refractivity contribution in [3.8, 4) is 0 Å². The fraction of sp³-hybridized carbons (Fsp3) is 0.438. The number of pyridine rings is 1. The molecule has 5 nitrogen and oxygen atoms in total. The molecule has 1 fully saturated rings. The van der Waals surface area contributed by atoms with E-state index in [9.17, 15) is 9.59 Å². The number of carbonyl (C=O) groups is 2. The topological polar surface area (TPSA) is 70.5 Å². The van der Waals surface area contributed by atoms with Crippen LogP contribution in [0.4, 0.5) is 0 Å². The van der Waals surface area contributed by atoms with Crippen molar-refractivity contribution in [1.29, 1.82) is 0 Å². The summed E-state index contributed by atoms with van der Waals surface area (Å²) < 4.78 is 0. The largest absolute Gasteiger partial charge is 0.478 e. The summed E-state index contributed by atoms with van der Waals surface area (Å²) in [5, 5.41) is 8.64. The molecule has 0 radical (unpaired) electrons. The van der Waals surface area contributed by atoms with Gasteiger partial charge < -0.3 is 10.0 Å². The van der Waals surface area contributed by atoms with Gasteiger partial charge in [0.15, 0.2) is 0 Å². The molecule has 0 saturated carbocycles. The number of hydrogen-bond acceptors (Lipinski definition) is 3. The van der Waals surface area contributed by atoms with E-state index in [1.54, 1.807) is 18.5 Å². The van der Waals surface area contributed by atoms with Crippen molar-refractivity contribution < 1.29 is 14.7 Å². The van der Waals surface area contributed by atoms with Crippen LogP contribution in [0.1, 0.15) is 48.5 Å². The molecule has 1 aromatic heterocycles. The fourth-order valence-corrected chi connectivity index (χ4v) is 2.69. The van der Waals surface area contributed by atoms with E-state index in [0.29, 0.717) is 17.2 Å². The smallest absolute Gasteiger partial charge is 0.328 e. The van der Waals surface area contributed by atoms with Crippen LogP contribution in [-0.2, 0) is 4.79 Å². The van der Waals surface area contributed by atoms with Crippen molar-refractivity contribution in [2.24, 2.45) is 0 Å². The Morgan fingerprint density at radius 1 is 1.43 bits per heavy atom. The van der Waals surface area contributed by atoms with E-state index in [1.165, 1.54) is 12.5 Å². The maximum Gasteiger partial charge on any atom is 0.328 e. The van der Waals surface area contributed by atoms with Crippen LogP contribution in [0.3, 0.4) is 0 Å². The Morgan fingerprint density at radius 3 is 2.95 bits per heavy atom. The highest BCUT2D eigenvalue weighted by molar-refractivity contribution is 5.95. The van der Waals surface area contributed by atoms with Crippen molar-refractivity contribution in [3.63, 3.8) is 0 Å². The second-order valence-corrected chi connectivity index (χ2v) is 5.23. The molecule has 0 spiro atoms. The highest BCUT2D eigenvalue weighted by atomic mass is 16.4. The molecule has 1 N–H and O–H groups in total. The number of aromatic nitrogens is 1. The lowest BCUT2D eigenvalue weighted by Crippen LogP contribution is -2.43. The fourth-order valence-electron chi connectivity index (χ4n) is 2.69. The van der Waals surface area contributed by atoms with Crippen LogP contribution < -0.4 is 0 Å². The zero-order valence-electron chi connectivity index (χ0n) is 12.2. The van der Waals surface area contributed by atoms with E-state index in [4.69, 9.17) is 5.11 Å². The summed E-state index contributed by atoms with van der Waals surface area (Å²) in [4.78, 5) is 29.1. The van der Waals surface area contributed by atoms with Crippen molar-refractivity contribution in [2.75, 3.05) is 6.54 Å². The van der Waals surface area contributed by atoms with Crippen LogP contribution in [0, 0.1) is 0 Å². The first kappa shape index (κ1) is 15.2. The Bertz CT molecular complexity index is 554. The average molecular weight is 288 g/mol. The zero-order valence-corrected chi connectivity index (χ0v) is 12.2. The molecule has 1 saturated heterocycles. The molecule has 0 bridgehead atoms. The van der Waals surface area contributed by atoms with Gasteiger partial charge in [-0.15, -0.1) is 0 Å². The van der Waals surface area contributed by atoms with Gasteiger partial charge in [0.2, 0.25) is 0 Å². The van der Waals surface area contributed by atoms with Crippen molar-refractivity contribution in [1.82, 2.24) is 9.88 Å². The van der Waals surface area contributed by atoms with Gasteiger partial charge in [-0.1, -0.05) is 6.92 Å². The number of hydrogen-bond donors (Lipinski definition) is 1. The summed E-state index contributed by atoms with van der Waals surface area (Å²) >= 11 is 0. The molecular weight excluding hydrogens is 268 g/mol. The van der Waals surface area contributed by atoms with Gasteiger partial charge in [0.05, 0.1) is 5.56 Å². The standard InChI is InChI=1S/C16H20N2O3/c1-2-14-5-3-4-8-18(14)16(21)13-9-12(10-17-11-13)6-7-15(19)20/h6-7,9-11,14H,2-5,8H2,1H3,(H,19,20). The zero-order chi connectivity index (χ0) is 15.2. The molecular formula is C16H20N2O3. The van der Waals surface area contributed by atoms with Crippen LogP contribution >= 0.6 is 0 Å². The highest BCUT2D eigenvalue weighted by Crippen LogP contribution is 2.22. The third kappa shape index (κ3) is 3.90. The molecule has 1 unspecified atom stereocenters. The molecule has 112 valence electrons. The monoisotopic (exact) mass is 288 g/mol. The summed E-state index contributed by atoms with van der Waals surface area (Å²) in [6.07, 6.45) is 9.79. The van der Waals surface area contributed by atoms with Gasteiger partial charge in [-0.25, -0.2) is 4.79 Å². The first-order valence-corrected chi connectivity index (χ1v) is 7.29. The number of rotatable bonds is 4. The normalized spacial score (nSPS) is 18.9. The molecule has 1 atom stereocenters. The predicted octanol–water partition coefficient (Wildman–Crippen LogP) is 2.58. The second kappa shape index (κ2) is 7.02. The lowest BCUT2D eigenvalue weighted by molar-refractivity contribution is -0.131. The van der Waals surface area contributed by atoms with Gasteiger partial charge >= 0.3 is 5.97 Å². The van der Waals surface area contributed by atoms with Crippen LogP contribution in [0.15, 0.2) is 24.5 Å². The minimum Gasteiger partial charge on any atom is -0.478 e. The molecule has 0 aliphatic carbocycles. The van der Waals surface area contributed by atoms with Gasteiger partial charge in [-0.3, -0.25) is 9.78 Å². The summed E-state index contributed by atoms with van der Waals surface area (Å²) in [6.45, 7) is 2.88. The number of piperidine rings is 1. The van der Waals surface area contributed by atoms with E-state index >= 15 is 0 Å². The third-order valence-corrected chi connectivity index (χ3v) is 3.78. The van der Waals surface area contributed by atoms with Crippen molar-refractivity contribution >= 4 is 18.0 Å². The highest BCUT2D eigenvalue weighted by Gasteiger charge is 2.26. The summed E-state index contributed by atoms with van der Waals surface area (Å²) in [5.74, 6) is -1.03. The van der Waals surface area contributed by atoms with Gasteiger partial charge in [0, 0.05) is 31.1 Å². The Kier molecular flexibility index (Phi) is 5.09. The number of carboxylic acid groups (broad SMARTS) is 1.